The van der Waals surface area contributed by atoms with Crippen molar-refractivity contribution in [2.45, 2.75) is 31.6 Å². The van der Waals surface area contributed by atoms with Crippen LogP contribution in [0.1, 0.15) is 26.2 Å². The first kappa shape index (κ1) is 9.87. The van der Waals surface area contributed by atoms with Gasteiger partial charge >= 0.3 is 0 Å². The van der Waals surface area contributed by atoms with Gasteiger partial charge in [0.05, 0.1) is 0 Å². The average Bonchev–Trinajstić information content (AvgIpc) is 1.80. The van der Waals surface area contributed by atoms with Crippen molar-refractivity contribution in [3.63, 3.8) is 0 Å². The van der Waals surface area contributed by atoms with Crippen LogP contribution in [0.15, 0.2) is 0 Å². The number of unbranched alkanes of at least 4 members (excludes halogenated alkanes) is 1. The number of hydrogen-bond acceptors (Lipinski definition) is 2. The van der Waals surface area contributed by atoms with Crippen molar-refractivity contribution < 1.29 is 13.5 Å². The van der Waals surface area contributed by atoms with Gasteiger partial charge in [-0.15, -0.1) is 0 Å². The smallest absolute Gasteiger partial charge is 0.226 e. The summed E-state index contributed by atoms with van der Waals surface area (Å²) in [6.45, 7) is 1.88. The summed E-state index contributed by atoms with van der Waals surface area (Å²) >= 11 is 0. The van der Waals surface area contributed by atoms with Gasteiger partial charge in [0.1, 0.15) is 0 Å². The maximum Gasteiger partial charge on any atom is 0.239 e. The molecule has 0 aromatic rings. The van der Waals surface area contributed by atoms with Crippen molar-refractivity contribution in [3.8, 4) is 0 Å². The molecule has 0 saturated heterocycles. The fourth-order valence-electron chi connectivity index (χ4n) is 0.535. The SMILES string of the molecule is CCCCC([O])S(N)(=O)=O. The molecule has 0 rings (SSSR count). The molecule has 0 heterocycles. The van der Waals surface area contributed by atoms with E-state index in [1.165, 1.54) is 0 Å². The molecule has 4 nitrogen and oxygen atoms in total. The Morgan fingerprint density at radius 1 is 1.50 bits per heavy atom. The Hall–Kier alpha value is -0.130. The first-order valence-electron chi connectivity index (χ1n) is 3.16. The van der Waals surface area contributed by atoms with Gasteiger partial charge in [0.15, 0.2) is 0 Å². The maximum atomic E-state index is 10.6. The Labute approximate surface area is 61.1 Å². The molecule has 61 valence electrons. The highest BCUT2D eigenvalue weighted by atomic mass is 32.2. The summed E-state index contributed by atoms with van der Waals surface area (Å²) < 4.78 is 20.6. The molecule has 0 aliphatic heterocycles. The third kappa shape index (κ3) is 3.81. The third-order valence-corrected chi connectivity index (χ3v) is 2.13. The second-order valence-corrected chi connectivity index (χ2v) is 3.86. The van der Waals surface area contributed by atoms with Crippen LogP contribution >= 0.6 is 0 Å². The van der Waals surface area contributed by atoms with E-state index in [1.54, 1.807) is 0 Å². The number of primary sulfonamides is 1. The molecule has 0 bridgehead atoms. The summed E-state index contributed by atoms with van der Waals surface area (Å²) in [7, 11) is -3.83. The summed E-state index contributed by atoms with van der Waals surface area (Å²) in [5.74, 6) is 0. The van der Waals surface area contributed by atoms with Crippen LogP contribution in [0.2, 0.25) is 0 Å². The van der Waals surface area contributed by atoms with E-state index in [1.807, 2.05) is 6.92 Å². The van der Waals surface area contributed by atoms with Gasteiger partial charge in [0.25, 0.3) is 0 Å². The van der Waals surface area contributed by atoms with Gasteiger partial charge in [-0.1, -0.05) is 13.3 Å². The Kier molecular flexibility index (Phi) is 3.85. The van der Waals surface area contributed by atoms with Gasteiger partial charge in [0, 0.05) is 0 Å². The van der Waals surface area contributed by atoms with E-state index >= 15 is 0 Å². The van der Waals surface area contributed by atoms with Crippen molar-refractivity contribution in [2.24, 2.45) is 5.14 Å². The van der Waals surface area contributed by atoms with E-state index in [-0.39, 0.29) is 6.42 Å². The Morgan fingerprint density at radius 2 is 2.00 bits per heavy atom. The molecular weight excluding hydrogens is 154 g/mol. The molecule has 0 aliphatic rings. The predicted molar refractivity (Wildman–Crippen MR) is 37.1 cm³/mol. The van der Waals surface area contributed by atoms with Crippen LogP contribution in [0, 0.1) is 0 Å². The highest BCUT2D eigenvalue weighted by Gasteiger charge is 2.18. The standard InChI is InChI=1S/C5H12NO3S/c1-2-3-4-5(7)10(6,8)9/h5H,2-4H2,1H3,(H2,6,8,9). The van der Waals surface area contributed by atoms with Gasteiger partial charge in [-0.25, -0.2) is 18.7 Å². The minimum Gasteiger partial charge on any atom is -0.226 e. The zero-order valence-electron chi connectivity index (χ0n) is 5.91. The molecule has 2 N–H and O–H groups in total. The van der Waals surface area contributed by atoms with E-state index in [0.717, 1.165) is 6.42 Å². The van der Waals surface area contributed by atoms with Crippen molar-refractivity contribution in [1.82, 2.24) is 0 Å². The normalized spacial score (nSPS) is 15.1. The third-order valence-electron chi connectivity index (χ3n) is 1.16. The van der Waals surface area contributed by atoms with E-state index in [2.05, 4.69) is 5.14 Å². The van der Waals surface area contributed by atoms with Crippen LogP contribution in [0.5, 0.6) is 0 Å². The van der Waals surface area contributed by atoms with Crippen LogP contribution in [0.4, 0.5) is 0 Å². The summed E-state index contributed by atoms with van der Waals surface area (Å²) in [6, 6.07) is 0. The molecule has 1 unspecified atom stereocenters. The fourth-order valence-corrected chi connectivity index (χ4v) is 1.03. The first-order chi connectivity index (χ1) is 4.48. The molecule has 0 aromatic heterocycles. The molecule has 5 heteroatoms. The Bertz CT molecular complexity index is 175. The number of hydrogen-bond donors (Lipinski definition) is 1. The molecule has 0 aliphatic carbocycles. The maximum absolute atomic E-state index is 10.6. The quantitative estimate of drug-likeness (QED) is 0.648. The lowest BCUT2D eigenvalue weighted by Gasteiger charge is -2.02. The minimum absolute atomic E-state index is 0.120. The van der Waals surface area contributed by atoms with Crippen LogP contribution < -0.4 is 5.14 Å². The lowest BCUT2D eigenvalue weighted by Crippen LogP contribution is -2.26. The molecule has 1 radical (unpaired) electrons. The lowest BCUT2D eigenvalue weighted by atomic mass is 10.3. The van der Waals surface area contributed by atoms with Gasteiger partial charge in [-0.2, -0.15) is 0 Å². The molecule has 0 aromatic carbocycles. The number of nitrogens with two attached hydrogens (primary N) is 1. The van der Waals surface area contributed by atoms with E-state index in [4.69, 9.17) is 0 Å². The number of sulfonamides is 1. The monoisotopic (exact) mass is 166 g/mol. The van der Waals surface area contributed by atoms with Crippen molar-refractivity contribution >= 4 is 10.0 Å². The van der Waals surface area contributed by atoms with E-state index in [0.29, 0.717) is 6.42 Å². The topological polar surface area (TPSA) is 80.1 Å². The summed E-state index contributed by atoms with van der Waals surface area (Å²) in [4.78, 5) is 0. The zero-order valence-corrected chi connectivity index (χ0v) is 6.73. The van der Waals surface area contributed by atoms with Crippen LogP contribution in [-0.4, -0.2) is 13.9 Å². The minimum atomic E-state index is -3.83. The highest BCUT2D eigenvalue weighted by Crippen LogP contribution is 2.03. The van der Waals surface area contributed by atoms with Crippen LogP contribution in [0.3, 0.4) is 0 Å². The molecule has 0 fully saturated rings. The van der Waals surface area contributed by atoms with Crippen molar-refractivity contribution in [1.29, 1.82) is 0 Å². The van der Waals surface area contributed by atoms with Crippen molar-refractivity contribution in [3.05, 3.63) is 0 Å². The Morgan fingerprint density at radius 3 is 2.30 bits per heavy atom. The van der Waals surface area contributed by atoms with Crippen LogP contribution in [-0.2, 0) is 15.1 Å². The van der Waals surface area contributed by atoms with Crippen molar-refractivity contribution in [2.75, 3.05) is 0 Å². The zero-order chi connectivity index (χ0) is 8.20. The molecule has 1 atom stereocenters. The molecule has 0 amide bonds. The summed E-state index contributed by atoms with van der Waals surface area (Å²) in [5.41, 5.74) is -1.63. The first-order valence-corrected chi connectivity index (χ1v) is 4.77. The van der Waals surface area contributed by atoms with Gasteiger partial charge < -0.3 is 0 Å². The second kappa shape index (κ2) is 3.90. The summed E-state index contributed by atoms with van der Waals surface area (Å²) in [5, 5.41) is 15.2. The largest absolute Gasteiger partial charge is 0.239 e. The van der Waals surface area contributed by atoms with Gasteiger partial charge in [-0.05, 0) is 12.8 Å². The molecular formula is C5H12NO3S. The molecule has 10 heavy (non-hydrogen) atoms. The van der Waals surface area contributed by atoms with Gasteiger partial charge in [-0.3, -0.25) is 0 Å². The molecule has 0 saturated carbocycles. The lowest BCUT2D eigenvalue weighted by molar-refractivity contribution is 0.144. The van der Waals surface area contributed by atoms with Gasteiger partial charge in [0.2, 0.25) is 15.5 Å². The van der Waals surface area contributed by atoms with E-state index < -0.39 is 15.5 Å². The predicted octanol–water partition coefficient (Wildman–Crippen LogP) is 0.222. The average molecular weight is 166 g/mol. The number of rotatable bonds is 4. The van der Waals surface area contributed by atoms with E-state index in [9.17, 15) is 13.5 Å². The highest BCUT2D eigenvalue weighted by molar-refractivity contribution is 7.89. The Balaban J connectivity index is 3.75. The molecule has 0 spiro atoms. The summed E-state index contributed by atoms with van der Waals surface area (Å²) in [6.07, 6.45) is 1.55. The fraction of sp³-hybridized carbons (Fsp3) is 1.00. The van der Waals surface area contributed by atoms with Crippen LogP contribution in [0.25, 0.3) is 0 Å². The second-order valence-electron chi connectivity index (χ2n) is 2.16.